The van der Waals surface area contributed by atoms with E-state index in [1.165, 1.54) is 6.42 Å². The Labute approximate surface area is 160 Å². The van der Waals surface area contributed by atoms with Crippen LogP contribution >= 0.6 is 0 Å². The summed E-state index contributed by atoms with van der Waals surface area (Å²) in [6.07, 6.45) is 6.07. The third-order valence-corrected chi connectivity index (χ3v) is 6.07. The van der Waals surface area contributed by atoms with Crippen LogP contribution in [0.15, 0.2) is 4.99 Å². The number of rotatable bonds is 9. The average molecular weight is 369 g/mol. The fourth-order valence-electron chi connectivity index (χ4n) is 3.83. The zero-order chi connectivity index (χ0) is 19.0. The van der Waals surface area contributed by atoms with Crippen LogP contribution in [0.25, 0.3) is 0 Å². The van der Waals surface area contributed by atoms with Crippen molar-refractivity contribution in [1.29, 1.82) is 0 Å². The standard InChI is InChI=1S/C20H40N4O2/c1-6-7-13-26-18-15-17(20(18,2)3)23-19(21-4)22-16-8-10-24(11-9-16)12-14-25-5/h16-18H,6-15H2,1-5H3,(H2,21,22,23). The largest absolute Gasteiger partial charge is 0.383 e. The minimum atomic E-state index is 0.148. The number of aliphatic imine (C=N–C) groups is 1. The first-order valence-corrected chi connectivity index (χ1v) is 10.3. The second-order valence-corrected chi connectivity index (χ2v) is 8.29. The highest BCUT2D eigenvalue weighted by Gasteiger charge is 2.49. The Bertz CT molecular complexity index is 434. The molecular weight excluding hydrogens is 328 g/mol. The van der Waals surface area contributed by atoms with E-state index >= 15 is 0 Å². The van der Waals surface area contributed by atoms with Gasteiger partial charge in [0.1, 0.15) is 0 Å². The van der Waals surface area contributed by atoms with Crippen molar-refractivity contribution in [3.05, 3.63) is 0 Å². The number of unbranched alkanes of at least 4 members (excludes halogenated alkanes) is 1. The number of nitrogens with one attached hydrogen (secondary N) is 2. The van der Waals surface area contributed by atoms with E-state index in [-0.39, 0.29) is 5.41 Å². The molecule has 1 saturated carbocycles. The normalized spacial score (nSPS) is 27.2. The molecule has 0 amide bonds. The van der Waals surface area contributed by atoms with Gasteiger partial charge in [-0.05, 0) is 25.7 Å². The maximum Gasteiger partial charge on any atom is 0.191 e. The monoisotopic (exact) mass is 368 g/mol. The fraction of sp³-hybridized carbons (Fsp3) is 0.950. The number of nitrogens with zero attached hydrogens (tertiary/aromatic N) is 2. The molecule has 0 aromatic rings. The van der Waals surface area contributed by atoms with E-state index in [9.17, 15) is 0 Å². The summed E-state index contributed by atoms with van der Waals surface area (Å²) in [5, 5.41) is 7.26. The summed E-state index contributed by atoms with van der Waals surface area (Å²) < 4.78 is 11.2. The third kappa shape index (κ3) is 5.83. The number of guanidine groups is 1. The molecule has 0 spiro atoms. The third-order valence-electron chi connectivity index (χ3n) is 6.07. The molecule has 26 heavy (non-hydrogen) atoms. The van der Waals surface area contributed by atoms with Crippen LogP contribution < -0.4 is 10.6 Å². The molecule has 2 rings (SSSR count). The molecule has 2 N–H and O–H groups in total. The second kappa shape index (κ2) is 10.5. The summed E-state index contributed by atoms with van der Waals surface area (Å²) in [5.41, 5.74) is 0.148. The number of hydrogen-bond donors (Lipinski definition) is 2. The minimum absolute atomic E-state index is 0.148. The van der Waals surface area contributed by atoms with Crippen molar-refractivity contribution < 1.29 is 9.47 Å². The van der Waals surface area contributed by atoms with Crippen molar-refractivity contribution in [3.63, 3.8) is 0 Å². The van der Waals surface area contributed by atoms with Gasteiger partial charge in [0.05, 0.1) is 12.7 Å². The van der Waals surface area contributed by atoms with Gasteiger partial charge in [0, 0.05) is 57.9 Å². The van der Waals surface area contributed by atoms with Crippen molar-refractivity contribution in [2.75, 3.05) is 47.0 Å². The molecule has 0 aromatic carbocycles. The summed E-state index contributed by atoms with van der Waals surface area (Å²) in [5.74, 6) is 0.936. The molecular formula is C20H40N4O2. The molecule has 1 aliphatic heterocycles. The van der Waals surface area contributed by atoms with Crippen LogP contribution in [0.5, 0.6) is 0 Å². The maximum absolute atomic E-state index is 6.06. The van der Waals surface area contributed by atoms with Gasteiger partial charge in [0.25, 0.3) is 0 Å². The second-order valence-electron chi connectivity index (χ2n) is 8.29. The van der Waals surface area contributed by atoms with Gasteiger partial charge in [-0.15, -0.1) is 0 Å². The molecule has 2 fully saturated rings. The SMILES string of the molecule is CCCCOC1CC(NC(=NC)NC2CCN(CCOC)CC2)C1(C)C. The molecule has 1 saturated heterocycles. The van der Waals surface area contributed by atoms with Gasteiger partial charge in [-0.2, -0.15) is 0 Å². The minimum Gasteiger partial charge on any atom is -0.383 e. The molecule has 2 atom stereocenters. The van der Waals surface area contributed by atoms with Gasteiger partial charge < -0.3 is 25.0 Å². The lowest BCUT2D eigenvalue weighted by atomic mass is 9.64. The Balaban J connectivity index is 1.72. The first-order chi connectivity index (χ1) is 12.5. The molecule has 1 aliphatic carbocycles. The zero-order valence-corrected chi connectivity index (χ0v) is 17.5. The lowest BCUT2D eigenvalue weighted by Crippen LogP contribution is -2.64. The summed E-state index contributed by atoms with van der Waals surface area (Å²) in [6.45, 7) is 11.8. The molecule has 1 heterocycles. The van der Waals surface area contributed by atoms with E-state index in [1.54, 1.807) is 7.11 Å². The van der Waals surface area contributed by atoms with Gasteiger partial charge in [0.15, 0.2) is 5.96 Å². The average Bonchev–Trinajstić information content (AvgIpc) is 2.65. The summed E-state index contributed by atoms with van der Waals surface area (Å²) in [4.78, 5) is 6.94. The molecule has 2 unspecified atom stereocenters. The Morgan fingerprint density at radius 2 is 1.92 bits per heavy atom. The number of methoxy groups -OCH3 is 1. The first-order valence-electron chi connectivity index (χ1n) is 10.3. The van der Waals surface area contributed by atoms with Crippen LogP contribution in [0, 0.1) is 5.41 Å². The quantitative estimate of drug-likeness (QED) is 0.371. The van der Waals surface area contributed by atoms with Gasteiger partial charge in [-0.25, -0.2) is 0 Å². The molecule has 0 aromatic heterocycles. The fourth-order valence-corrected chi connectivity index (χ4v) is 3.83. The van der Waals surface area contributed by atoms with Crippen LogP contribution in [0.1, 0.15) is 52.9 Å². The lowest BCUT2D eigenvalue weighted by Gasteiger charge is -2.52. The van der Waals surface area contributed by atoms with Crippen LogP contribution in [0.4, 0.5) is 0 Å². The lowest BCUT2D eigenvalue weighted by molar-refractivity contribution is -0.113. The van der Waals surface area contributed by atoms with Gasteiger partial charge in [-0.3, -0.25) is 4.99 Å². The van der Waals surface area contributed by atoms with E-state index in [2.05, 4.69) is 41.3 Å². The van der Waals surface area contributed by atoms with E-state index in [1.807, 2.05) is 7.05 Å². The van der Waals surface area contributed by atoms with Gasteiger partial charge in [0.2, 0.25) is 0 Å². The molecule has 6 nitrogen and oxygen atoms in total. The first kappa shape index (κ1) is 21.5. The van der Waals surface area contributed by atoms with Gasteiger partial charge >= 0.3 is 0 Å². The number of piperidine rings is 1. The highest BCUT2D eigenvalue weighted by Crippen LogP contribution is 2.42. The summed E-state index contributed by atoms with van der Waals surface area (Å²) in [6, 6.07) is 0.918. The predicted octanol–water partition coefficient (Wildman–Crippen LogP) is 2.25. The van der Waals surface area contributed by atoms with Crippen LogP contribution in [-0.4, -0.2) is 76.1 Å². The van der Waals surface area contributed by atoms with Crippen LogP contribution in [-0.2, 0) is 9.47 Å². The highest BCUT2D eigenvalue weighted by atomic mass is 16.5. The van der Waals surface area contributed by atoms with E-state index in [4.69, 9.17) is 9.47 Å². The molecule has 152 valence electrons. The van der Waals surface area contributed by atoms with Crippen molar-refractivity contribution >= 4 is 5.96 Å². The molecule has 0 radical (unpaired) electrons. The summed E-state index contributed by atoms with van der Waals surface area (Å²) in [7, 11) is 3.63. The molecule has 6 heteroatoms. The van der Waals surface area contributed by atoms with E-state index in [0.717, 1.165) is 64.5 Å². The Hall–Kier alpha value is -0.850. The van der Waals surface area contributed by atoms with Crippen molar-refractivity contribution in [3.8, 4) is 0 Å². The van der Waals surface area contributed by atoms with Gasteiger partial charge in [-0.1, -0.05) is 27.2 Å². The van der Waals surface area contributed by atoms with Crippen LogP contribution in [0.3, 0.4) is 0 Å². The number of likely N-dealkylation sites (tertiary alicyclic amines) is 1. The van der Waals surface area contributed by atoms with Crippen molar-refractivity contribution in [1.82, 2.24) is 15.5 Å². The van der Waals surface area contributed by atoms with Crippen molar-refractivity contribution in [2.45, 2.75) is 71.1 Å². The van der Waals surface area contributed by atoms with Crippen molar-refractivity contribution in [2.24, 2.45) is 10.4 Å². The number of ether oxygens (including phenoxy) is 2. The smallest absolute Gasteiger partial charge is 0.191 e. The Kier molecular flexibility index (Phi) is 8.64. The zero-order valence-electron chi connectivity index (χ0n) is 17.5. The predicted molar refractivity (Wildman–Crippen MR) is 108 cm³/mol. The van der Waals surface area contributed by atoms with E-state index in [0.29, 0.717) is 18.2 Å². The Morgan fingerprint density at radius 3 is 2.50 bits per heavy atom. The van der Waals surface area contributed by atoms with Crippen LogP contribution in [0.2, 0.25) is 0 Å². The Morgan fingerprint density at radius 1 is 1.19 bits per heavy atom. The topological polar surface area (TPSA) is 58.1 Å². The van der Waals surface area contributed by atoms with E-state index < -0.39 is 0 Å². The molecule has 2 aliphatic rings. The summed E-state index contributed by atoms with van der Waals surface area (Å²) >= 11 is 0. The highest BCUT2D eigenvalue weighted by molar-refractivity contribution is 5.80. The molecule has 0 bridgehead atoms. The number of hydrogen-bond acceptors (Lipinski definition) is 4. The maximum atomic E-state index is 6.06.